The van der Waals surface area contributed by atoms with Crippen LogP contribution in [0.1, 0.15) is 5.69 Å². The average Bonchev–Trinajstić information content (AvgIpc) is 2.71. The fourth-order valence-corrected chi connectivity index (χ4v) is 1.20. The lowest BCUT2D eigenvalue weighted by atomic mass is 10.4. The number of hydrogen-bond donors (Lipinski definition) is 0. The summed E-state index contributed by atoms with van der Waals surface area (Å²) < 4.78 is 0. The molecule has 0 aromatic carbocycles. The molecule has 1 aliphatic rings. The third kappa shape index (κ3) is 1.49. The molecule has 0 aliphatic carbocycles. The SMILES string of the molecule is N#Cc1ccnc(N2CC=CC2)n1. The van der Waals surface area contributed by atoms with Crippen LogP contribution in [0.25, 0.3) is 0 Å². The Kier molecular flexibility index (Phi) is 1.93. The number of rotatable bonds is 1. The largest absolute Gasteiger partial charge is 0.333 e. The van der Waals surface area contributed by atoms with E-state index in [0.29, 0.717) is 11.6 Å². The quantitative estimate of drug-likeness (QED) is 0.586. The van der Waals surface area contributed by atoms with Crippen LogP contribution in [0.15, 0.2) is 24.4 Å². The Morgan fingerprint density at radius 2 is 2.15 bits per heavy atom. The van der Waals surface area contributed by atoms with Crippen molar-refractivity contribution in [3.63, 3.8) is 0 Å². The zero-order valence-corrected chi connectivity index (χ0v) is 7.01. The number of nitrogens with zero attached hydrogens (tertiary/aromatic N) is 4. The molecule has 0 atom stereocenters. The van der Waals surface area contributed by atoms with Crippen molar-refractivity contribution in [3.05, 3.63) is 30.1 Å². The Morgan fingerprint density at radius 1 is 1.38 bits per heavy atom. The molecule has 0 saturated heterocycles. The van der Waals surface area contributed by atoms with E-state index in [0.717, 1.165) is 13.1 Å². The van der Waals surface area contributed by atoms with Gasteiger partial charge in [0, 0.05) is 19.3 Å². The van der Waals surface area contributed by atoms with E-state index < -0.39 is 0 Å². The molecule has 2 heterocycles. The number of nitriles is 1. The van der Waals surface area contributed by atoms with E-state index in [1.807, 2.05) is 11.0 Å². The van der Waals surface area contributed by atoms with Crippen LogP contribution in [-0.2, 0) is 0 Å². The third-order valence-electron chi connectivity index (χ3n) is 1.86. The van der Waals surface area contributed by atoms with E-state index in [1.165, 1.54) is 0 Å². The highest BCUT2D eigenvalue weighted by atomic mass is 15.2. The van der Waals surface area contributed by atoms with Crippen LogP contribution in [0, 0.1) is 11.3 Å². The standard InChI is InChI=1S/C9H8N4/c10-7-8-3-4-11-9(12-8)13-5-1-2-6-13/h1-4H,5-6H2. The molecule has 0 radical (unpaired) electrons. The van der Waals surface area contributed by atoms with Crippen LogP contribution in [0.2, 0.25) is 0 Å². The Bertz CT molecular complexity index is 369. The normalized spacial score (nSPS) is 14.5. The zero-order valence-electron chi connectivity index (χ0n) is 7.01. The Balaban J connectivity index is 2.26. The van der Waals surface area contributed by atoms with Crippen molar-refractivity contribution < 1.29 is 0 Å². The van der Waals surface area contributed by atoms with Crippen LogP contribution < -0.4 is 4.90 Å². The van der Waals surface area contributed by atoms with Crippen LogP contribution in [0.3, 0.4) is 0 Å². The van der Waals surface area contributed by atoms with Crippen LogP contribution in [0.4, 0.5) is 5.95 Å². The summed E-state index contributed by atoms with van der Waals surface area (Å²) in [4.78, 5) is 10.2. The second-order valence-electron chi connectivity index (χ2n) is 2.73. The van der Waals surface area contributed by atoms with Gasteiger partial charge >= 0.3 is 0 Å². The van der Waals surface area contributed by atoms with Gasteiger partial charge in [-0.1, -0.05) is 12.2 Å². The molecule has 0 fully saturated rings. The second kappa shape index (κ2) is 3.23. The van der Waals surface area contributed by atoms with Gasteiger partial charge in [-0.25, -0.2) is 9.97 Å². The Labute approximate surface area is 76.2 Å². The fourth-order valence-electron chi connectivity index (χ4n) is 1.20. The van der Waals surface area contributed by atoms with Gasteiger partial charge in [-0.3, -0.25) is 0 Å². The lowest BCUT2D eigenvalue weighted by Gasteiger charge is -2.13. The van der Waals surface area contributed by atoms with Crippen molar-refractivity contribution in [2.24, 2.45) is 0 Å². The van der Waals surface area contributed by atoms with Crippen molar-refractivity contribution in [1.29, 1.82) is 5.26 Å². The highest BCUT2D eigenvalue weighted by molar-refractivity contribution is 5.37. The predicted octanol–water partition coefficient (Wildman–Crippen LogP) is 0.724. The minimum atomic E-state index is 0.414. The molecule has 4 heteroatoms. The molecule has 1 aliphatic heterocycles. The van der Waals surface area contributed by atoms with E-state index >= 15 is 0 Å². The number of hydrogen-bond acceptors (Lipinski definition) is 4. The van der Waals surface area contributed by atoms with Gasteiger partial charge in [0.2, 0.25) is 5.95 Å². The summed E-state index contributed by atoms with van der Waals surface area (Å²) in [6, 6.07) is 3.60. The first-order valence-electron chi connectivity index (χ1n) is 4.03. The summed E-state index contributed by atoms with van der Waals surface area (Å²) in [5, 5.41) is 8.63. The van der Waals surface area contributed by atoms with E-state index in [4.69, 9.17) is 5.26 Å². The molecule has 64 valence electrons. The van der Waals surface area contributed by atoms with Crippen molar-refractivity contribution in [2.45, 2.75) is 0 Å². The zero-order chi connectivity index (χ0) is 9.10. The number of aromatic nitrogens is 2. The summed E-state index contributed by atoms with van der Waals surface area (Å²) in [5.74, 6) is 0.629. The van der Waals surface area contributed by atoms with Gasteiger partial charge < -0.3 is 4.90 Å². The van der Waals surface area contributed by atoms with Crippen molar-refractivity contribution in [2.75, 3.05) is 18.0 Å². The maximum absolute atomic E-state index is 8.63. The third-order valence-corrected chi connectivity index (χ3v) is 1.86. The molecule has 1 aromatic rings. The molecule has 0 amide bonds. The highest BCUT2D eigenvalue weighted by Gasteiger charge is 2.10. The van der Waals surface area contributed by atoms with Gasteiger partial charge in [-0.05, 0) is 6.07 Å². The predicted molar refractivity (Wildman–Crippen MR) is 48.1 cm³/mol. The highest BCUT2D eigenvalue weighted by Crippen LogP contribution is 2.10. The van der Waals surface area contributed by atoms with Gasteiger partial charge in [-0.2, -0.15) is 5.26 Å². The Morgan fingerprint density at radius 3 is 2.85 bits per heavy atom. The molecule has 4 nitrogen and oxygen atoms in total. The van der Waals surface area contributed by atoms with Gasteiger partial charge in [0.1, 0.15) is 11.8 Å². The van der Waals surface area contributed by atoms with E-state index in [1.54, 1.807) is 12.3 Å². The first-order valence-corrected chi connectivity index (χ1v) is 4.03. The van der Waals surface area contributed by atoms with E-state index in [-0.39, 0.29) is 0 Å². The molecule has 0 spiro atoms. The molecule has 0 bridgehead atoms. The smallest absolute Gasteiger partial charge is 0.227 e. The van der Waals surface area contributed by atoms with Crippen molar-refractivity contribution in [3.8, 4) is 6.07 Å². The first kappa shape index (κ1) is 7.74. The summed E-state index contributed by atoms with van der Waals surface area (Å²) in [6.45, 7) is 1.66. The monoisotopic (exact) mass is 172 g/mol. The van der Waals surface area contributed by atoms with Crippen LogP contribution in [0.5, 0.6) is 0 Å². The summed E-state index contributed by atoms with van der Waals surface area (Å²) >= 11 is 0. The number of anilines is 1. The second-order valence-corrected chi connectivity index (χ2v) is 2.73. The maximum Gasteiger partial charge on any atom is 0.227 e. The topological polar surface area (TPSA) is 52.8 Å². The van der Waals surface area contributed by atoms with Crippen molar-refractivity contribution in [1.82, 2.24) is 9.97 Å². The molecule has 13 heavy (non-hydrogen) atoms. The van der Waals surface area contributed by atoms with Gasteiger partial charge in [0.25, 0.3) is 0 Å². The summed E-state index contributed by atoms with van der Waals surface area (Å²) in [7, 11) is 0. The molecule has 2 rings (SSSR count). The van der Waals surface area contributed by atoms with Crippen LogP contribution >= 0.6 is 0 Å². The molecular formula is C9H8N4. The molecule has 0 unspecified atom stereocenters. The first-order chi connectivity index (χ1) is 6.40. The summed E-state index contributed by atoms with van der Waals surface area (Å²) in [5.41, 5.74) is 0.414. The lowest BCUT2D eigenvalue weighted by Crippen LogP contribution is -2.21. The molecule has 1 aromatic heterocycles. The molecule has 0 saturated carbocycles. The van der Waals surface area contributed by atoms with Crippen LogP contribution in [-0.4, -0.2) is 23.1 Å². The summed E-state index contributed by atoms with van der Waals surface area (Å²) in [6.07, 6.45) is 5.73. The Hall–Kier alpha value is -1.89. The van der Waals surface area contributed by atoms with Gasteiger partial charge in [0.05, 0.1) is 0 Å². The van der Waals surface area contributed by atoms with Crippen molar-refractivity contribution >= 4 is 5.95 Å². The van der Waals surface area contributed by atoms with Gasteiger partial charge in [0.15, 0.2) is 0 Å². The lowest BCUT2D eigenvalue weighted by molar-refractivity contribution is 0.919. The van der Waals surface area contributed by atoms with E-state index in [2.05, 4.69) is 22.1 Å². The fraction of sp³-hybridized carbons (Fsp3) is 0.222. The average molecular weight is 172 g/mol. The maximum atomic E-state index is 8.63. The van der Waals surface area contributed by atoms with Gasteiger partial charge in [-0.15, -0.1) is 0 Å². The minimum absolute atomic E-state index is 0.414. The minimum Gasteiger partial charge on any atom is -0.333 e. The molecular weight excluding hydrogens is 164 g/mol. The van der Waals surface area contributed by atoms with E-state index in [9.17, 15) is 0 Å². The molecule has 0 N–H and O–H groups in total.